The third-order valence-corrected chi connectivity index (χ3v) is 10.2. The number of rotatable bonds is 9. The van der Waals surface area contributed by atoms with Crippen molar-refractivity contribution in [3.05, 3.63) is 212 Å². The van der Waals surface area contributed by atoms with E-state index in [1.54, 1.807) is 0 Å². The van der Waals surface area contributed by atoms with Crippen molar-refractivity contribution in [2.75, 3.05) is 0 Å². The summed E-state index contributed by atoms with van der Waals surface area (Å²) in [6.45, 7) is 0. The second kappa shape index (κ2) is 16.3. The molecule has 0 atom stereocenters. The van der Waals surface area contributed by atoms with Gasteiger partial charge in [-0.2, -0.15) is 0 Å². The van der Waals surface area contributed by atoms with Gasteiger partial charge in [-0.05, 0) is 46.5 Å². The van der Waals surface area contributed by atoms with Crippen molar-refractivity contribution in [1.29, 1.82) is 0 Å². The monoisotopic (exact) mass is 769 g/mol. The van der Waals surface area contributed by atoms with Gasteiger partial charge in [0.2, 0.25) is 0 Å². The Morgan fingerprint density at radius 2 is 0.567 bits per heavy atom. The summed E-state index contributed by atoms with van der Waals surface area (Å²) >= 11 is 0. The summed E-state index contributed by atoms with van der Waals surface area (Å²) < 4.78 is 0. The summed E-state index contributed by atoms with van der Waals surface area (Å²) in [7, 11) is 0. The summed E-state index contributed by atoms with van der Waals surface area (Å²) in [4.78, 5) is 34.8. The third kappa shape index (κ3) is 7.46. The molecule has 7 aromatic carbocycles. The van der Waals surface area contributed by atoms with Gasteiger partial charge in [0.1, 0.15) is 0 Å². The molecule has 3 aromatic heterocycles. The van der Waals surface area contributed by atoms with Crippen molar-refractivity contribution >= 4 is 0 Å². The Morgan fingerprint density at radius 1 is 0.233 bits per heavy atom. The zero-order chi connectivity index (χ0) is 40.1. The van der Waals surface area contributed by atoms with E-state index in [-0.39, 0.29) is 0 Å². The van der Waals surface area contributed by atoms with Gasteiger partial charge in [-0.3, -0.25) is 4.98 Å². The second-order valence-electron chi connectivity index (χ2n) is 14.2. The van der Waals surface area contributed by atoms with E-state index in [2.05, 4.69) is 66.7 Å². The number of aromatic nitrogens is 7. The highest BCUT2D eigenvalue weighted by Gasteiger charge is 2.19. The standard InChI is InChI=1S/C53H35N7/c1-5-18-36(19-6-1)48-55-49(37-20-7-2-8-21-37)58-52(57-48)42-28-15-26-40(34-42)44-30-17-31-45(46-32-13-14-33-54-46)47(44)41-27-16-29-43(35-41)53-59-50(38-22-9-3-10-23-38)56-51(60-53)39-24-11-4-12-25-39/h1-35H. The molecule has 0 bridgehead atoms. The fourth-order valence-corrected chi connectivity index (χ4v) is 7.35. The quantitative estimate of drug-likeness (QED) is 0.144. The lowest BCUT2D eigenvalue weighted by atomic mass is 9.88. The Labute approximate surface area is 347 Å². The molecule has 60 heavy (non-hydrogen) atoms. The molecule has 3 heterocycles. The highest BCUT2D eigenvalue weighted by molar-refractivity contribution is 5.95. The van der Waals surface area contributed by atoms with E-state index < -0.39 is 0 Å². The maximum Gasteiger partial charge on any atom is 0.164 e. The Bertz CT molecular complexity index is 2950. The normalized spacial score (nSPS) is 11.0. The number of benzene rings is 7. The van der Waals surface area contributed by atoms with E-state index in [1.807, 2.05) is 146 Å². The topological polar surface area (TPSA) is 90.2 Å². The van der Waals surface area contributed by atoms with E-state index in [0.29, 0.717) is 34.9 Å². The maximum absolute atomic E-state index is 5.04. The summed E-state index contributed by atoms with van der Waals surface area (Å²) in [6, 6.07) is 69.4. The van der Waals surface area contributed by atoms with Crippen LogP contribution in [0.15, 0.2) is 212 Å². The van der Waals surface area contributed by atoms with Crippen LogP contribution in [0.2, 0.25) is 0 Å². The molecule has 0 aliphatic carbocycles. The lowest BCUT2D eigenvalue weighted by Crippen LogP contribution is -2.00. The lowest BCUT2D eigenvalue weighted by molar-refractivity contribution is 1.07. The van der Waals surface area contributed by atoms with Crippen LogP contribution in [0.4, 0.5) is 0 Å². The van der Waals surface area contributed by atoms with Gasteiger partial charge in [0.05, 0.1) is 5.69 Å². The highest BCUT2D eigenvalue weighted by atomic mass is 15.0. The van der Waals surface area contributed by atoms with Crippen LogP contribution in [-0.2, 0) is 0 Å². The van der Waals surface area contributed by atoms with E-state index in [1.165, 1.54) is 0 Å². The first kappa shape index (κ1) is 36.1. The Hall–Kier alpha value is -8.29. The summed E-state index contributed by atoms with van der Waals surface area (Å²) in [6.07, 6.45) is 1.83. The third-order valence-electron chi connectivity index (χ3n) is 10.2. The summed E-state index contributed by atoms with van der Waals surface area (Å²) in [5, 5.41) is 0. The molecule has 0 radical (unpaired) electrons. The van der Waals surface area contributed by atoms with Crippen molar-refractivity contribution in [3.8, 4) is 102 Å². The molecule has 10 aromatic rings. The first-order valence-electron chi connectivity index (χ1n) is 19.7. The van der Waals surface area contributed by atoms with Crippen molar-refractivity contribution in [1.82, 2.24) is 34.9 Å². The molecule has 0 unspecified atom stereocenters. The van der Waals surface area contributed by atoms with E-state index in [0.717, 1.165) is 66.9 Å². The highest BCUT2D eigenvalue weighted by Crippen LogP contribution is 2.41. The SMILES string of the molecule is c1ccc(-c2nc(-c3ccccc3)nc(-c3cccc(-c4cccc(-c5ccccn5)c4-c4cccc(-c5nc(-c6ccccc6)nc(-c6ccccc6)n5)c4)c3)n2)cc1. The number of nitrogens with zero attached hydrogens (tertiary/aromatic N) is 7. The van der Waals surface area contributed by atoms with E-state index in [4.69, 9.17) is 34.9 Å². The largest absolute Gasteiger partial charge is 0.256 e. The fourth-order valence-electron chi connectivity index (χ4n) is 7.35. The predicted molar refractivity (Wildman–Crippen MR) is 240 cm³/mol. The molecule has 7 heteroatoms. The number of hydrogen-bond acceptors (Lipinski definition) is 7. The molecule has 0 aliphatic rings. The molecule has 0 spiro atoms. The zero-order valence-corrected chi connectivity index (χ0v) is 32.3. The van der Waals surface area contributed by atoms with E-state index >= 15 is 0 Å². The van der Waals surface area contributed by atoms with Gasteiger partial charge < -0.3 is 0 Å². The maximum atomic E-state index is 5.04. The van der Waals surface area contributed by atoms with Crippen molar-refractivity contribution in [2.24, 2.45) is 0 Å². The molecule has 0 aliphatic heterocycles. The average molecular weight is 770 g/mol. The first-order valence-corrected chi connectivity index (χ1v) is 19.7. The van der Waals surface area contributed by atoms with Gasteiger partial charge in [-0.1, -0.05) is 182 Å². The van der Waals surface area contributed by atoms with Crippen LogP contribution in [0.25, 0.3) is 102 Å². The molecule has 0 saturated heterocycles. The van der Waals surface area contributed by atoms with Crippen molar-refractivity contribution in [2.45, 2.75) is 0 Å². The molecular weight excluding hydrogens is 735 g/mol. The van der Waals surface area contributed by atoms with Gasteiger partial charge in [0, 0.05) is 45.1 Å². The molecule has 0 saturated carbocycles. The van der Waals surface area contributed by atoms with Gasteiger partial charge >= 0.3 is 0 Å². The average Bonchev–Trinajstić information content (AvgIpc) is 3.35. The van der Waals surface area contributed by atoms with Gasteiger partial charge in [0.15, 0.2) is 34.9 Å². The predicted octanol–water partition coefficient (Wildman–Crippen LogP) is 12.5. The van der Waals surface area contributed by atoms with Crippen LogP contribution in [0.5, 0.6) is 0 Å². The van der Waals surface area contributed by atoms with E-state index in [9.17, 15) is 0 Å². The Morgan fingerprint density at radius 3 is 1.00 bits per heavy atom. The van der Waals surface area contributed by atoms with Crippen LogP contribution < -0.4 is 0 Å². The molecule has 0 fully saturated rings. The van der Waals surface area contributed by atoms with Crippen molar-refractivity contribution < 1.29 is 0 Å². The molecule has 0 N–H and O–H groups in total. The fraction of sp³-hybridized carbons (Fsp3) is 0. The van der Waals surface area contributed by atoms with Crippen LogP contribution in [-0.4, -0.2) is 34.9 Å². The number of hydrogen-bond donors (Lipinski definition) is 0. The molecular formula is C53H35N7. The summed E-state index contributed by atoms with van der Waals surface area (Å²) in [5.74, 6) is 3.63. The van der Waals surface area contributed by atoms with Crippen molar-refractivity contribution in [3.63, 3.8) is 0 Å². The first-order chi connectivity index (χ1) is 29.7. The minimum absolute atomic E-state index is 0.585. The van der Waals surface area contributed by atoms with Crippen LogP contribution in [0.3, 0.4) is 0 Å². The Kier molecular flexibility index (Phi) is 9.79. The van der Waals surface area contributed by atoms with Crippen LogP contribution in [0.1, 0.15) is 0 Å². The minimum Gasteiger partial charge on any atom is -0.256 e. The second-order valence-corrected chi connectivity index (χ2v) is 14.2. The molecule has 282 valence electrons. The van der Waals surface area contributed by atoms with Gasteiger partial charge in [-0.25, -0.2) is 29.9 Å². The smallest absolute Gasteiger partial charge is 0.164 e. The van der Waals surface area contributed by atoms with Crippen LogP contribution >= 0.6 is 0 Å². The van der Waals surface area contributed by atoms with Gasteiger partial charge in [0.25, 0.3) is 0 Å². The number of pyridine rings is 1. The lowest BCUT2D eigenvalue weighted by Gasteiger charge is -2.17. The zero-order valence-electron chi connectivity index (χ0n) is 32.3. The molecule has 10 rings (SSSR count). The van der Waals surface area contributed by atoms with Crippen LogP contribution in [0, 0.1) is 0 Å². The molecule has 7 nitrogen and oxygen atoms in total. The Balaban J connectivity index is 1.13. The minimum atomic E-state index is 0.585. The van der Waals surface area contributed by atoms with Gasteiger partial charge in [-0.15, -0.1) is 0 Å². The summed E-state index contributed by atoms with van der Waals surface area (Å²) in [5.41, 5.74) is 11.3. The molecule has 0 amide bonds.